The fraction of sp³-hybridized carbons (Fsp3) is 0.421. The van der Waals surface area contributed by atoms with Gasteiger partial charge in [0.1, 0.15) is 24.6 Å². The normalized spacial score (nSPS) is 30.0. The van der Waals surface area contributed by atoms with E-state index in [0.717, 1.165) is 8.20 Å². The Morgan fingerprint density at radius 2 is 2.26 bits per heavy atom. The Labute approximate surface area is 179 Å². The van der Waals surface area contributed by atoms with Crippen LogP contribution in [0.1, 0.15) is 13.2 Å². The number of rotatable bonds is 6. The number of fused-ring (bicyclic) bond motifs is 2. The van der Waals surface area contributed by atoms with E-state index < -0.39 is 36.4 Å². The van der Waals surface area contributed by atoms with Crippen molar-refractivity contribution in [3.05, 3.63) is 24.5 Å². The number of anilines is 1. The smallest absolute Gasteiger partial charge is 0.320 e. The molecule has 2 aliphatic heterocycles. The number of aliphatic hydroxyl groups excluding tert-OH is 1. The lowest BCUT2D eigenvalue weighted by atomic mass is 10.1. The standard InChI is InChI=1S/C19H21N6O5P/c1-4-19(6-7-31-3)29-13-11(8-26)28-17(14(13)30-19)25-10-23-12-15(21-9-22-16(12)25)24-18(27)20-5-2/h1,6-7,9-11,13-14,17,26H,3,5,8H2,2H3,(H2,20,21,22,24,27)/b7-6+/t11-,13?,14?,17-,19?/m1/s1. The van der Waals surface area contributed by atoms with Crippen LogP contribution in [0.3, 0.4) is 0 Å². The third kappa shape index (κ3) is 3.80. The topological polar surface area (TPSA) is 133 Å². The highest BCUT2D eigenvalue weighted by Gasteiger charge is 2.58. The van der Waals surface area contributed by atoms with Crippen molar-refractivity contribution in [2.45, 2.75) is 37.3 Å². The van der Waals surface area contributed by atoms with Gasteiger partial charge in [0.2, 0.25) is 0 Å². The lowest BCUT2D eigenvalue weighted by Crippen LogP contribution is -2.33. The van der Waals surface area contributed by atoms with E-state index in [4.69, 9.17) is 20.6 Å². The zero-order chi connectivity index (χ0) is 22.0. The van der Waals surface area contributed by atoms with Crippen molar-refractivity contribution >= 4 is 37.5 Å². The monoisotopic (exact) mass is 444 g/mol. The molecule has 2 amide bonds. The van der Waals surface area contributed by atoms with E-state index in [0.29, 0.717) is 17.7 Å². The lowest BCUT2D eigenvalue weighted by molar-refractivity contribution is -0.164. The molecule has 0 aromatic carbocycles. The van der Waals surface area contributed by atoms with E-state index in [1.54, 1.807) is 23.4 Å². The molecule has 0 aliphatic carbocycles. The highest BCUT2D eigenvalue weighted by molar-refractivity contribution is 7.40. The van der Waals surface area contributed by atoms with E-state index in [2.05, 4.69) is 37.8 Å². The van der Waals surface area contributed by atoms with Crippen LogP contribution in [0.2, 0.25) is 0 Å². The average molecular weight is 444 g/mol. The second-order valence-electron chi connectivity index (χ2n) is 6.75. The molecule has 2 saturated heterocycles. The first-order valence-electron chi connectivity index (χ1n) is 9.51. The molecule has 5 atom stereocenters. The van der Waals surface area contributed by atoms with Gasteiger partial charge < -0.3 is 24.6 Å². The molecule has 31 heavy (non-hydrogen) atoms. The van der Waals surface area contributed by atoms with Crippen LogP contribution >= 0.6 is 8.20 Å². The molecular formula is C19H21N6O5P. The first-order valence-corrected chi connectivity index (χ1v) is 10.7. The molecule has 2 aromatic heterocycles. The molecule has 0 spiro atoms. The van der Waals surface area contributed by atoms with Crippen LogP contribution in [-0.2, 0) is 14.2 Å². The van der Waals surface area contributed by atoms with Gasteiger partial charge in [-0.05, 0) is 24.7 Å². The quantitative estimate of drug-likeness (QED) is 0.442. The van der Waals surface area contributed by atoms with Crippen molar-refractivity contribution in [2.24, 2.45) is 0 Å². The van der Waals surface area contributed by atoms with Crippen LogP contribution in [0.5, 0.6) is 0 Å². The van der Waals surface area contributed by atoms with Crippen molar-refractivity contribution in [3.63, 3.8) is 0 Å². The number of nitrogens with zero attached hydrogens (tertiary/aromatic N) is 4. The predicted molar refractivity (Wildman–Crippen MR) is 114 cm³/mol. The molecule has 0 saturated carbocycles. The third-order valence-corrected chi connectivity index (χ3v) is 5.25. The van der Waals surface area contributed by atoms with E-state index in [1.807, 2.05) is 0 Å². The van der Waals surface area contributed by atoms with Gasteiger partial charge in [-0.15, -0.1) is 6.42 Å². The average Bonchev–Trinajstić information content (AvgIpc) is 3.44. The first-order chi connectivity index (χ1) is 15.1. The summed E-state index contributed by atoms with van der Waals surface area (Å²) in [6, 6.07) is -0.405. The molecule has 0 bridgehead atoms. The van der Waals surface area contributed by atoms with Crippen molar-refractivity contribution < 1.29 is 24.1 Å². The number of imidazole rings is 1. The summed E-state index contributed by atoms with van der Waals surface area (Å²) >= 11 is 0. The van der Waals surface area contributed by atoms with Gasteiger partial charge in [0.25, 0.3) is 5.79 Å². The summed E-state index contributed by atoms with van der Waals surface area (Å²) in [7, 11) is 0.745. The molecule has 12 heteroatoms. The fourth-order valence-electron chi connectivity index (χ4n) is 3.57. The maximum absolute atomic E-state index is 11.9. The third-order valence-electron chi connectivity index (χ3n) is 4.89. The van der Waals surface area contributed by atoms with Crippen LogP contribution in [0.4, 0.5) is 10.6 Å². The number of carbonyl (C=O) groups excluding carboxylic acids is 1. The van der Waals surface area contributed by atoms with E-state index in [-0.39, 0.29) is 12.4 Å². The Kier molecular flexibility index (Phi) is 6.00. The zero-order valence-electron chi connectivity index (χ0n) is 16.6. The Hall–Kier alpha value is -2.87. The number of aliphatic hydroxyl groups is 1. The number of hydrogen-bond donors (Lipinski definition) is 3. The van der Waals surface area contributed by atoms with Crippen molar-refractivity contribution in [1.82, 2.24) is 24.8 Å². The van der Waals surface area contributed by atoms with Gasteiger partial charge >= 0.3 is 6.03 Å². The van der Waals surface area contributed by atoms with Gasteiger partial charge in [-0.3, -0.25) is 9.88 Å². The summed E-state index contributed by atoms with van der Waals surface area (Å²) in [4.78, 5) is 24.6. The van der Waals surface area contributed by atoms with Gasteiger partial charge in [-0.25, -0.2) is 19.7 Å². The van der Waals surface area contributed by atoms with Crippen molar-refractivity contribution in [2.75, 3.05) is 18.5 Å². The summed E-state index contributed by atoms with van der Waals surface area (Å²) in [5.74, 6) is 3.12. The Bertz CT molecular complexity index is 1070. The van der Waals surface area contributed by atoms with E-state index in [9.17, 15) is 9.90 Å². The first kappa shape index (κ1) is 21.4. The van der Waals surface area contributed by atoms with Crippen LogP contribution in [0.15, 0.2) is 24.5 Å². The molecule has 0 radical (unpaired) electrons. The lowest BCUT2D eigenvalue weighted by Gasteiger charge is -2.24. The van der Waals surface area contributed by atoms with E-state index >= 15 is 0 Å². The number of aromatic nitrogens is 4. The van der Waals surface area contributed by atoms with Crippen molar-refractivity contribution in [3.8, 4) is 12.3 Å². The highest BCUT2D eigenvalue weighted by Crippen LogP contribution is 2.44. The minimum Gasteiger partial charge on any atom is -0.394 e. The van der Waals surface area contributed by atoms with Crippen LogP contribution in [-0.4, -0.2) is 74.2 Å². The fourth-order valence-corrected chi connectivity index (χ4v) is 3.87. The van der Waals surface area contributed by atoms with Gasteiger partial charge in [0.15, 0.2) is 23.2 Å². The Morgan fingerprint density at radius 1 is 1.45 bits per heavy atom. The molecule has 2 aliphatic rings. The SMILES string of the molecule is C#CC1(/C=C/P=C)OC2C(O1)[C@@H](CO)O[C@H]2n1cnc2c(NC(=O)NCC)ncnc21. The molecule has 2 aromatic rings. The molecular weight excluding hydrogens is 423 g/mol. The number of hydrogen-bond acceptors (Lipinski definition) is 8. The minimum absolute atomic E-state index is 0.252. The number of urea groups is 1. The predicted octanol–water partition coefficient (Wildman–Crippen LogP) is 0.863. The number of amides is 2. The second kappa shape index (κ2) is 8.70. The molecule has 3 unspecified atom stereocenters. The highest BCUT2D eigenvalue weighted by atomic mass is 31.1. The molecule has 162 valence electrons. The number of nitrogens with one attached hydrogen (secondary N) is 2. The van der Waals surface area contributed by atoms with Crippen LogP contribution in [0.25, 0.3) is 11.2 Å². The number of terminal acetylenes is 1. The molecule has 2 fully saturated rings. The zero-order valence-corrected chi connectivity index (χ0v) is 17.5. The second-order valence-corrected chi connectivity index (χ2v) is 7.42. The number of carbonyl (C=O) groups is 1. The summed E-state index contributed by atoms with van der Waals surface area (Å²) < 4.78 is 19.7. The van der Waals surface area contributed by atoms with E-state index in [1.165, 1.54) is 12.7 Å². The summed E-state index contributed by atoms with van der Waals surface area (Å²) in [6.07, 6.45) is 11.2. The molecule has 11 nitrogen and oxygen atoms in total. The summed E-state index contributed by atoms with van der Waals surface area (Å²) in [5.41, 5.74) is 0.789. The van der Waals surface area contributed by atoms with Crippen molar-refractivity contribution in [1.29, 1.82) is 0 Å². The summed E-state index contributed by atoms with van der Waals surface area (Å²) in [6.45, 7) is 1.98. The van der Waals surface area contributed by atoms with Gasteiger partial charge in [0.05, 0.1) is 12.9 Å². The van der Waals surface area contributed by atoms with Gasteiger partial charge in [-0.2, -0.15) is 0 Å². The summed E-state index contributed by atoms with van der Waals surface area (Å²) in [5, 5.41) is 15.1. The molecule has 4 rings (SSSR count). The molecule has 3 N–H and O–H groups in total. The largest absolute Gasteiger partial charge is 0.394 e. The van der Waals surface area contributed by atoms with Crippen LogP contribution in [0, 0.1) is 12.3 Å². The maximum Gasteiger partial charge on any atom is 0.320 e. The Balaban J connectivity index is 1.68. The van der Waals surface area contributed by atoms with Crippen LogP contribution < -0.4 is 10.6 Å². The maximum atomic E-state index is 11.9. The van der Waals surface area contributed by atoms with Gasteiger partial charge in [-0.1, -0.05) is 14.5 Å². The molecule has 4 heterocycles. The minimum atomic E-state index is -1.38. The Morgan fingerprint density at radius 3 is 2.97 bits per heavy atom. The number of ether oxygens (including phenoxy) is 3. The van der Waals surface area contributed by atoms with Gasteiger partial charge in [0, 0.05) is 6.54 Å².